The summed E-state index contributed by atoms with van der Waals surface area (Å²) >= 11 is 5.72. The molecule has 0 aliphatic heterocycles. The number of aromatic amines is 1. The number of rotatable bonds is 5. The maximum atomic E-state index is 11.9. The number of hydrogen-bond acceptors (Lipinski definition) is 5. The first kappa shape index (κ1) is 13.3. The molecular formula is C11H13ClN6O. The zero-order valence-electron chi connectivity index (χ0n) is 10.1. The first-order chi connectivity index (χ1) is 9.16. The standard InChI is InChI=1S/C11H13ClN6O/c12-9-4-7(8(13)5-15-9)11(19)14-3-1-2-10-16-6-17-18-10/h4-6H,1-3,13H2,(H,14,19)(H,16,17,18). The van der Waals surface area contributed by atoms with Crippen LogP contribution in [-0.4, -0.2) is 32.6 Å². The van der Waals surface area contributed by atoms with Crippen molar-refractivity contribution >= 4 is 23.2 Å². The van der Waals surface area contributed by atoms with Crippen LogP contribution in [0.1, 0.15) is 22.6 Å². The normalized spacial score (nSPS) is 10.4. The van der Waals surface area contributed by atoms with Crippen LogP contribution < -0.4 is 11.1 Å². The Bertz CT molecular complexity index is 556. The summed E-state index contributed by atoms with van der Waals surface area (Å²) in [5.41, 5.74) is 6.30. The van der Waals surface area contributed by atoms with Crippen LogP contribution in [0.4, 0.5) is 5.69 Å². The van der Waals surface area contributed by atoms with Crippen molar-refractivity contribution in [2.75, 3.05) is 12.3 Å². The van der Waals surface area contributed by atoms with Crippen LogP contribution in [0.3, 0.4) is 0 Å². The number of aromatic nitrogens is 4. The number of H-pyrrole nitrogens is 1. The van der Waals surface area contributed by atoms with Crippen molar-refractivity contribution in [3.8, 4) is 0 Å². The Hall–Kier alpha value is -2.15. The Kier molecular flexibility index (Phi) is 4.30. The second-order valence-corrected chi connectivity index (χ2v) is 4.27. The quantitative estimate of drug-likeness (QED) is 0.554. The molecule has 2 aromatic rings. The van der Waals surface area contributed by atoms with Gasteiger partial charge in [-0.25, -0.2) is 9.97 Å². The van der Waals surface area contributed by atoms with Gasteiger partial charge in [-0.05, 0) is 12.5 Å². The minimum atomic E-state index is -0.264. The first-order valence-corrected chi connectivity index (χ1v) is 6.08. The predicted octanol–water partition coefficient (Wildman–Crippen LogP) is 0.798. The fourth-order valence-electron chi connectivity index (χ4n) is 1.54. The average Bonchev–Trinajstić information content (AvgIpc) is 2.90. The number of carbonyl (C=O) groups is 1. The third kappa shape index (κ3) is 3.65. The van der Waals surface area contributed by atoms with Crippen molar-refractivity contribution in [1.82, 2.24) is 25.5 Å². The molecular weight excluding hydrogens is 268 g/mol. The van der Waals surface area contributed by atoms with E-state index in [2.05, 4.69) is 25.5 Å². The highest BCUT2D eigenvalue weighted by Gasteiger charge is 2.10. The molecule has 0 bridgehead atoms. The van der Waals surface area contributed by atoms with Crippen molar-refractivity contribution in [2.24, 2.45) is 0 Å². The van der Waals surface area contributed by atoms with Gasteiger partial charge in [0, 0.05) is 13.0 Å². The number of nitrogen functional groups attached to an aromatic ring is 1. The van der Waals surface area contributed by atoms with Crippen LogP contribution in [0.15, 0.2) is 18.6 Å². The maximum absolute atomic E-state index is 11.9. The number of amides is 1. The summed E-state index contributed by atoms with van der Waals surface area (Å²) in [5.74, 6) is 0.528. The Morgan fingerprint density at radius 2 is 2.32 bits per heavy atom. The molecule has 7 nitrogen and oxygen atoms in total. The molecule has 0 radical (unpaired) electrons. The van der Waals surface area contributed by atoms with Gasteiger partial charge in [0.1, 0.15) is 17.3 Å². The largest absolute Gasteiger partial charge is 0.397 e. The maximum Gasteiger partial charge on any atom is 0.253 e. The molecule has 2 rings (SSSR count). The van der Waals surface area contributed by atoms with E-state index in [9.17, 15) is 4.79 Å². The van der Waals surface area contributed by atoms with E-state index in [1.807, 2.05) is 0 Å². The minimum Gasteiger partial charge on any atom is -0.397 e. The van der Waals surface area contributed by atoms with Crippen LogP contribution >= 0.6 is 11.6 Å². The summed E-state index contributed by atoms with van der Waals surface area (Å²) in [6, 6.07) is 1.45. The molecule has 8 heteroatoms. The molecule has 2 aromatic heterocycles. The Morgan fingerprint density at radius 3 is 3.05 bits per heavy atom. The van der Waals surface area contributed by atoms with Crippen LogP contribution in [0.5, 0.6) is 0 Å². The van der Waals surface area contributed by atoms with E-state index < -0.39 is 0 Å². The molecule has 100 valence electrons. The highest BCUT2D eigenvalue weighted by atomic mass is 35.5. The number of halogens is 1. The van der Waals surface area contributed by atoms with Gasteiger partial charge in [0.25, 0.3) is 5.91 Å². The monoisotopic (exact) mass is 280 g/mol. The predicted molar refractivity (Wildman–Crippen MR) is 70.7 cm³/mol. The van der Waals surface area contributed by atoms with Gasteiger partial charge in [-0.15, -0.1) is 0 Å². The first-order valence-electron chi connectivity index (χ1n) is 5.70. The Morgan fingerprint density at radius 1 is 1.47 bits per heavy atom. The van der Waals surface area contributed by atoms with E-state index in [4.69, 9.17) is 17.3 Å². The third-order valence-corrected chi connectivity index (χ3v) is 2.69. The number of nitrogens with one attached hydrogen (secondary N) is 2. The molecule has 1 amide bonds. The van der Waals surface area contributed by atoms with Gasteiger partial charge < -0.3 is 11.1 Å². The van der Waals surface area contributed by atoms with Crippen LogP contribution in [0, 0.1) is 0 Å². The lowest BCUT2D eigenvalue weighted by molar-refractivity contribution is 0.0954. The molecule has 0 unspecified atom stereocenters. The lowest BCUT2D eigenvalue weighted by Crippen LogP contribution is -2.25. The number of hydrogen-bond donors (Lipinski definition) is 3. The fourth-order valence-corrected chi connectivity index (χ4v) is 1.70. The summed E-state index contributed by atoms with van der Waals surface area (Å²) in [5, 5.41) is 9.50. The molecule has 0 aromatic carbocycles. The van der Waals surface area contributed by atoms with Gasteiger partial charge in [0.05, 0.1) is 17.4 Å². The van der Waals surface area contributed by atoms with Crippen molar-refractivity contribution in [3.05, 3.63) is 35.1 Å². The minimum absolute atomic E-state index is 0.237. The van der Waals surface area contributed by atoms with Gasteiger partial charge in [0.15, 0.2) is 0 Å². The number of anilines is 1. The molecule has 0 saturated carbocycles. The molecule has 0 aliphatic carbocycles. The topological polar surface area (TPSA) is 110 Å². The van der Waals surface area contributed by atoms with E-state index in [0.717, 1.165) is 12.2 Å². The number of aryl methyl sites for hydroxylation is 1. The van der Waals surface area contributed by atoms with Gasteiger partial charge in [-0.2, -0.15) is 5.10 Å². The highest BCUT2D eigenvalue weighted by Crippen LogP contribution is 2.14. The number of pyridine rings is 1. The lowest BCUT2D eigenvalue weighted by atomic mass is 10.2. The molecule has 19 heavy (non-hydrogen) atoms. The SMILES string of the molecule is Nc1cnc(Cl)cc1C(=O)NCCCc1ncn[nH]1. The van der Waals surface area contributed by atoms with Gasteiger partial charge in [-0.1, -0.05) is 11.6 Å². The molecule has 0 aliphatic rings. The van der Waals surface area contributed by atoms with Crippen molar-refractivity contribution < 1.29 is 4.79 Å². The van der Waals surface area contributed by atoms with E-state index in [1.54, 1.807) is 0 Å². The lowest BCUT2D eigenvalue weighted by Gasteiger charge is -2.07. The van der Waals surface area contributed by atoms with Crippen molar-refractivity contribution in [1.29, 1.82) is 0 Å². The summed E-state index contributed by atoms with van der Waals surface area (Å²) in [4.78, 5) is 19.7. The third-order valence-electron chi connectivity index (χ3n) is 2.49. The molecule has 0 fully saturated rings. The molecule has 0 spiro atoms. The van der Waals surface area contributed by atoms with Gasteiger partial charge in [0.2, 0.25) is 0 Å². The molecule has 0 saturated heterocycles. The summed E-state index contributed by atoms with van der Waals surface area (Å²) in [7, 11) is 0. The van der Waals surface area contributed by atoms with Crippen LogP contribution in [0.2, 0.25) is 5.15 Å². The van der Waals surface area contributed by atoms with E-state index in [1.165, 1.54) is 18.6 Å². The summed E-state index contributed by atoms with van der Waals surface area (Å²) in [6.45, 7) is 0.513. The molecule has 4 N–H and O–H groups in total. The van der Waals surface area contributed by atoms with Crippen LogP contribution in [-0.2, 0) is 6.42 Å². The van der Waals surface area contributed by atoms with Crippen molar-refractivity contribution in [2.45, 2.75) is 12.8 Å². The zero-order chi connectivity index (χ0) is 13.7. The number of nitrogens with zero attached hydrogens (tertiary/aromatic N) is 3. The molecule has 0 atom stereocenters. The molecule has 2 heterocycles. The Labute approximate surface area is 114 Å². The van der Waals surface area contributed by atoms with Gasteiger partial charge in [-0.3, -0.25) is 9.89 Å². The second-order valence-electron chi connectivity index (χ2n) is 3.89. The van der Waals surface area contributed by atoms with E-state index in [0.29, 0.717) is 24.2 Å². The smallest absolute Gasteiger partial charge is 0.253 e. The number of carbonyl (C=O) groups excluding carboxylic acids is 1. The number of nitrogens with two attached hydrogens (primary N) is 1. The Balaban J connectivity index is 1.82. The van der Waals surface area contributed by atoms with Gasteiger partial charge >= 0.3 is 0 Å². The van der Waals surface area contributed by atoms with E-state index >= 15 is 0 Å². The summed E-state index contributed by atoms with van der Waals surface area (Å²) in [6.07, 6.45) is 4.28. The zero-order valence-corrected chi connectivity index (χ0v) is 10.8. The second kappa shape index (κ2) is 6.14. The van der Waals surface area contributed by atoms with Crippen LogP contribution in [0.25, 0.3) is 0 Å². The van der Waals surface area contributed by atoms with Crippen molar-refractivity contribution in [3.63, 3.8) is 0 Å². The summed E-state index contributed by atoms with van der Waals surface area (Å²) < 4.78 is 0. The fraction of sp³-hybridized carbons (Fsp3) is 0.273. The van der Waals surface area contributed by atoms with E-state index in [-0.39, 0.29) is 11.1 Å². The highest BCUT2D eigenvalue weighted by molar-refractivity contribution is 6.29. The average molecular weight is 281 g/mol.